The summed E-state index contributed by atoms with van der Waals surface area (Å²) in [6.07, 6.45) is 2.51. The molecule has 0 unspecified atom stereocenters. The Bertz CT molecular complexity index is 671. The summed E-state index contributed by atoms with van der Waals surface area (Å²) >= 11 is 1.48. The molecule has 5 heteroatoms. The number of carbonyl (C=O) groups excluding carboxylic acids is 1. The molecule has 0 bridgehead atoms. The van der Waals surface area contributed by atoms with Gasteiger partial charge in [-0.2, -0.15) is 0 Å². The highest BCUT2D eigenvalue weighted by molar-refractivity contribution is 7.18. The van der Waals surface area contributed by atoms with Crippen LogP contribution in [-0.2, 0) is 10.2 Å². The molecule has 0 radical (unpaired) electrons. The van der Waals surface area contributed by atoms with E-state index in [9.17, 15) is 4.79 Å². The van der Waals surface area contributed by atoms with Crippen molar-refractivity contribution < 1.29 is 4.79 Å². The van der Waals surface area contributed by atoms with E-state index in [0.717, 1.165) is 23.4 Å². The van der Waals surface area contributed by atoms with Gasteiger partial charge in [0, 0.05) is 18.5 Å². The molecule has 0 aliphatic carbocycles. The van der Waals surface area contributed by atoms with Gasteiger partial charge >= 0.3 is 0 Å². The van der Waals surface area contributed by atoms with Crippen molar-refractivity contribution in [1.82, 2.24) is 10.2 Å². The van der Waals surface area contributed by atoms with Crippen molar-refractivity contribution in [1.29, 1.82) is 0 Å². The topological polar surface area (TPSA) is 46.1 Å². The third kappa shape index (κ3) is 4.41. The predicted octanol–water partition coefficient (Wildman–Crippen LogP) is 5.05. The number of hydrogen-bond donors (Lipinski definition) is 0. The Labute approximate surface area is 148 Å². The molecule has 0 saturated heterocycles. The van der Waals surface area contributed by atoms with Crippen molar-refractivity contribution in [3.63, 3.8) is 0 Å². The van der Waals surface area contributed by atoms with Crippen LogP contribution in [0.2, 0.25) is 0 Å². The highest BCUT2D eigenvalue weighted by Gasteiger charge is 2.19. The lowest BCUT2D eigenvalue weighted by Crippen LogP contribution is -2.31. The first-order chi connectivity index (χ1) is 11.4. The van der Waals surface area contributed by atoms with Crippen LogP contribution in [0.5, 0.6) is 0 Å². The summed E-state index contributed by atoms with van der Waals surface area (Å²) in [7, 11) is 0. The molecular formula is C19H27N3OS. The lowest BCUT2D eigenvalue weighted by molar-refractivity contribution is -0.118. The van der Waals surface area contributed by atoms with Gasteiger partial charge in [0.1, 0.15) is 5.01 Å². The van der Waals surface area contributed by atoms with E-state index in [0.29, 0.717) is 18.1 Å². The Morgan fingerprint density at radius 2 is 1.79 bits per heavy atom. The number of unbranched alkanes of at least 4 members (excludes halogenated alkanes) is 1. The Hall–Kier alpha value is -1.75. The van der Waals surface area contributed by atoms with Gasteiger partial charge in [-0.15, -0.1) is 10.2 Å². The van der Waals surface area contributed by atoms with Gasteiger partial charge in [-0.25, -0.2) is 0 Å². The van der Waals surface area contributed by atoms with E-state index in [1.807, 2.05) is 6.92 Å². The second-order valence-corrected chi connectivity index (χ2v) is 7.93. The third-order valence-electron chi connectivity index (χ3n) is 3.98. The molecular weight excluding hydrogens is 318 g/mol. The van der Waals surface area contributed by atoms with Gasteiger partial charge in [0.05, 0.1) is 0 Å². The second kappa shape index (κ2) is 7.88. The highest BCUT2D eigenvalue weighted by Crippen LogP contribution is 2.31. The fourth-order valence-corrected chi connectivity index (χ4v) is 3.28. The number of amides is 1. The van der Waals surface area contributed by atoms with Crippen LogP contribution >= 0.6 is 11.3 Å². The zero-order chi connectivity index (χ0) is 17.7. The normalized spacial score (nSPS) is 11.5. The zero-order valence-electron chi connectivity index (χ0n) is 15.3. The van der Waals surface area contributed by atoms with Crippen LogP contribution < -0.4 is 4.90 Å². The molecule has 0 aliphatic rings. The van der Waals surface area contributed by atoms with Crippen molar-refractivity contribution in [2.45, 2.75) is 59.3 Å². The number of nitrogens with zero attached hydrogens (tertiary/aromatic N) is 3. The van der Waals surface area contributed by atoms with Crippen LogP contribution in [0.25, 0.3) is 10.6 Å². The average molecular weight is 346 g/mol. The van der Waals surface area contributed by atoms with Crippen LogP contribution in [-0.4, -0.2) is 22.6 Å². The van der Waals surface area contributed by atoms with Gasteiger partial charge in [0.2, 0.25) is 11.0 Å². The summed E-state index contributed by atoms with van der Waals surface area (Å²) < 4.78 is 0. The number of carbonyl (C=O) groups is 1. The molecule has 0 fully saturated rings. The molecule has 1 heterocycles. The summed E-state index contributed by atoms with van der Waals surface area (Å²) in [5.41, 5.74) is 2.47. The smallest absolute Gasteiger partial charge is 0.228 e. The zero-order valence-corrected chi connectivity index (χ0v) is 16.1. The summed E-state index contributed by atoms with van der Waals surface area (Å²) in [5, 5.41) is 10.1. The van der Waals surface area contributed by atoms with E-state index in [-0.39, 0.29) is 11.3 Å². The Morgan fingerprint density at radius 3 is 2.33 bits per heavy atom. The Kier molecular flexibility index (Phi) is 6.10. The maximum atomic E-state index is 12.2. The van der Waals surface area contributed by atoms with Gasteiger partial charge in [0.25, 0.3) is 0 Å². The van der Waals surface area contributed by atoms with E-state index in [1.165, 1.54) is 16.9 Å². The molecule has 1 amide bonds. The maximum Gasteiger partial charge on any atom is 0.228 e. The lowest BCUT2D eigenvalue weighted by Gasteiger charge is -2.19. The molecule has 0 saturated carbocycles. The van der Waals surface area contributed by atoms with Crippen LogP contribution in [0.1, 0.15) is 59.4 Å². The van der Waals surface area contributed by atoms with Gasteiger partial charge in [-0.05, 0) is 17.4 Å². The number of anilines is 1. The average Bonchev–Trinajstić information content (AvgIpc) is 3.04. The molecule has 130 valence electrons. The molecule has 0 atom stereocenters. The first kappa shape index (κ1) is 18.6. The van der Waals surface area contributed by atoms with E-state index in [1.54, 1.807) is 4.90 Å². The van der Waals surface area contributed by atoms with E-state index in [2.05, 4.69) is 62.2 Å². The number of hydrogen-bond acceptors (Lipinski definition) is 4. The summed E-state index contributed by atoms with van der Waals surface area (Å²) in [4.78, 5) is 14.0. The summed E-state index contributed by atoms with van der Waals surface area (Å²) in [6, 6.07) is 8.46. The first-order valence-corrected chi connectivity index (χ1v) is 9.43. The van der Waals surface area contributed by atoms with Crippen LogP contribution in [0.3, 0.4) is 0 Å². The Balaban J connectivity index is 2.23. The largest absolute Gasteiger partial charge is 0.287 e. The predicted molar refractivity (Wildman–Crippen MR) is 102 cm³/mol. The van der Waals surface area contributed by atoms with Crippen molar-refractivity contribution in [2.75, 3.05) is 11.4 Å². The number of benzene rings is 1. The molecule has 0 N–H and O–H groups in total. The van der Waals surface area contributed by atoms with Crippen molar-refractivity contribution in [2.24, 2.45) is 0 Å². The van der Waals surface area contributed by atoms with E-state index < -0.39 is 0 Å². The minimum absolute atomic E-state index is 0.106. The maximum absolute atomic E-state index is 12.2. The fraction of sp³-hybridized carbons (Fsp3) is 0.526. The fourth-order valence-electron chi connectivity index (χ4n) is 2.39. The van der Waals surface area contributed by atoms with Crippen LogP contribution in [0.4, 0.5) is 5.13 Å². The molecule has 2 aromatic rings. The van der Waals surface area contributed by atoms with Gasteiger partial charge in [0.15, 0.2) is 0 Å². The monoisotopic (exact) mass is 345 g/mol. The Morgan fingerprint density at radius 1 is 1.12 bits per heavy atom. The van der Waals surface area contributed by atoms with Gasteiger partial charge in [-0.1, -0.05) is 76.6 Å². The summed E-state index contributed by atoms with van der Waals surface area (Å²) in [6.45, 7) is 11.3. The molecule has 24 heavy (non-hydrogen) atoms. The van der Waals surface area contributed by atoms with Gasteiger partial charge < -0.3 is 0 Å². The molecule has 2 rings (SSSR count). The highest BCUT2D eigenvalue weighted by atomic mass is 32.1. The van der Waals surface area contributed by atoms with Crippen LogP contribution in [0.15, 0.2) is 24.3 Å². The van der Waals surface area contributed by atoms with E-state index in [4.69, 9.17) is 0 Å². The lowest BCUT2D eigenvalue weighted by atomic mass is 9.87. The standard InChI is InChI=1S/C19H27N3OS/c1-6-8-13-22(16(23)7-2)18-21-20-17(24-18)14-9-11-15(12-10-14)19(3,4)5/h9-12H,6-8,13H2,1-5H3. The van der Waals surface area contributed by atoms with Crippen molar-refractivity contribution in [3.8, 4) is 10.6 Å². The second-order valence-electron chi connectivity index (χ2n) is 6.97. The van der Waals surface area contributed by atoms with Crippen LogP contribution in [0, 0.1) is 0 Å². The molecule has 0 spiro atoms. The third-order valence-corrected chi connectivity index (χ3v) is 4.98. The number of rotatable bonds is 6. The molecule has 0 aliphatic heterocycles. The SMILES string of the molecule is CCCCN(C(=O)CC)c1nnc(-c2ccc(C(C)(C)C)cc2)s1. The minimum Gasteiger partial charge on any atom is -0.287 e. The summed E-state index contributed by atoms with van der Waals surface area (Å²) in [5.74, 6) is 0.106. The van der Waals surface area contributed by atoms with Gasteiger partial charge in [-0.3, -0.25) is 9.69 Å². The quantitative estimate of drug-likeness (QED) is 0.736. The molecule has 1 aromatic heterocycles. The molecule has 1 aromatic carbocycles. The first-order valence-electron chi connectivity index (χ1n) is 8.61. The minimum atomic E-state index is 0.106. The molecule has 4 nitrogen and oxygen atoms in total. The van der Waals surface area contributed by atoms with Crippen molar-refractivity contribution >= 4 is 22.4 Å². The number of aromatic nitrogens is 2. The van der Waals surface area contributed by atoms with Crippen molar-refractivity contribution in [3.05, 3.63) is 29.8 Å². The van der Waals surface area contributed by atoms with E-state index >= 15 is 0 Å².